The second-order valence-corrected chi connectivity index (χ2v) is 11.3. The molecule has 2 aliphatic carbocycles. The van der Waals surface area contributed by atoms with Crippen molar-refractivity contribution in [3.8, 4) is 0 Å². The quantitative estimate of drug-likeness (QED) is 0.334. The summed E-state index contributed by atoms with van der Waals surface area (Å²) >= 11 is 0. The van der Waals surface area contributed by atoms with Gasteiger partial charge in [0, 0.05) is 0 Å². The first-order valence-corrected chi connectivity index (χ1v) is 13.3. The Labute approximate surface area is 240 Å². The number of rotatable bonds is 7. The van der Waals surface area contributed by atoms with E-state index in [9.17, 15) is 0 Å². The van der Waals surface area contributed by atoms with Crippen molar-refractivity contribution in [1.82, 2.24) is 0 Å². The largest absolute Gasteiger partial charge is 3.00 e. The van der Waals surface area contributed by atoms with E-state index in [1.165, 1.54) is 27.1 Å². The maximum atomic E-state index is 4.23. The maximum Gasteiger partial charge on any atom is 3.00 e. The summed E-state index contributed by atoms with van der Waals surface area (Å²) < 4.78 is 0. The minimum absolute atomic E-state index is 0. The van der Waals surface area contributed by atoms with Crippen LogP contribution in [0.4, 0.5) is 0 Å². The van der Waals surface area contributed by atoms with E-state index < -0.39 is 8.80 Å². The SMILES string of the molecule is CCC1=[C-]C(C2=CC=CC2)([Si](c2ccccc2C)c2ccccc2C)C(CC)=C1CC.[Cl-].[Cl-].[Zr+3]. The Hall–Kier alpha value is -0.920. The predicted octanol–water partition coefficient (Wildman–Crippen LogP) is 0.814. The molecule has 4 heteroatoms. The van der Waals surface area contributed by atoms with Crippen LogP contribution in [-0.4, -0.2) is 8.80 Å². The zero-order valence-corrected chi connectivity index (χ0v) is 25.9. The molecule has 0 N–H and O–H groups in total. The molecule has 2 aliphatic rings. The first kappa shape index (κ1) is 31.1. The molecule has 0 saturated heterocycles. The standard InChI is InChI=1S/C30H34Si.2ClH.Zr/c1-6-24-21-30(25-17-11-12-18-25,27(8-3)26(24)7-2)31(28-19-13-9-15-22(28)4)29-20-14-10-16-23(29)5;;;/h9-17,19-20H,6-8,18H2,1-5H3;2*1H;/q-1;;;+3/p-2. The van der Waals surface area contributed by atoms with E-state index in [1.54, 1.807) is 16.7 Å². The van der Waals surface area contributed by atoms with Crippen molar-refractivity contribution in [3.05, 3.63) is 106 Å². The Bertz CT molecular complexity index is 1070. The molecule has 176 valence electrons. The molecule has 1 unspecified atom stereocenters. The zero-order chi connectivity index (χ0) is 22.0. The minimum Gasteiger partial charge on any atom is -1.00 e. The van der Waals surface area contributed by atoms with Gasteiger partial charge in [-0.1, -0.05) is 139 Å². The van der Waals surface area contributed by atoms with Crippen molar-refractivity contribution in [2.75, 3.05) is 0 Å². The van der Waals surface area contributed by atoms with Crippen LogP contribution in [0.1, 0.15) is 57.6 Å². The fourth-order valence-electron chi connectivity index (χ4n) is 5.62. The van der Waals surface area contributed by atoms with Gasteiger partial charge in [0.1, 0.15) is 8.80 Å². The molecule has 0 spiro atoms. The Morgan fingerprint density at radius 3 is 1.79 bits per heavy atom. The summed E-state index contributed by atoms with van der Waals surface area (Å²) in [6.07, 6.45) is 15.5. The van der Waals surface area contributed by atoms with Crippen LogP contribution in [0.15, 0.2) is 89.1 Å². The first-order chi connectivity index (χ1) is 15.1. The average molecular weight is 585 g/mol. The van der Waals surface area contributed by atoms with Gasteiger partial charge in [0.2, 0.25) is 0 Å². The van der Waals surface area contributed by atoms with Crippen LogP contribution in [0.2, 0.25) is 5.04 Å². The molecule has 0 aromatic heterocycles. The summed E-state index contributed by atoms with van der Waals surface area (Å²) in [5.41, 5.74) is 9.01. The van der Waals surface area contributed by atoms with Gasteiger partial charge in [0.15, 0.2) is 0 Å². The Balaban J connectivity index is 0.00000193. The molecule has 0 nitrogen and oxygen atoms in total. The number of halogens is 2. The fourth-order valence-corrected chi connectivity index (χ4v) is 9.61. The molecule has 2 aromatic carbocycles. The normalized spacial score (nSPS) is 18.8. The van der Waals surface area contributed by atoms with Crippen LogP contribution in [-0.2, 0) is 26.2 Å². The average Bonchev–Trinajstić information content (AvgIpc) is 3.43. The van der Waals surface area contributed by atoms with E-state index in [0.29, 0.717) is 0 Å². The number of allylic oxidation sites excluding steroid dienone is 8. The second kappa shape index (κ2) is 13.4. The van der Waals surface area contributed by atoms with E-state index in [-0.39, 0.29) is 56.1 Å². The second-order valence-electron chi connectivity index (χ2n) is 8.70. The molecule has 2 aromatic rings. The molecule has 0 aliphatic heterocycles. The molecule has 0 fully saturated rings. The zero-order valence-electron chi connectivity index (χ0n) is 20.9. The monoisotopic (exact) mass is 582 g/mol. The van der Waals surface area contributed by atoms with Gasteiger partial charge < -0.3 is 24.8 Å². The van der Waals surface area contributed by atoms with Crippen LogP contribution < -0.4 is 35.2 Å². The van der Waals surface area contributed by atoms with Gasteiger partial charge in [-0.3, -0.25) is 6.08 Å². The summed E-state index contributed by atoms with van der Waals surface area (Å²) in [7, 11) is -1.22. The van der Waals surface area contributed by atoms with Crippen molar-refractivity contribution in [2.45, 2.75) is 65.3 Å². The predicted molar refractivity (Wildman–Crippen MR) is 137 cm³/mol. The van der Waals surface area contributed by atoms with Gasteiger partial charge in [0.25, 0.3) is 0 Å². The van der Waals surface area contributed by atoms with Gasteiger partial charge >= 0.3 is 26.2 Å². The minimum atomic E-state index is -1.22. The summed E-state index contributed by atoms with van der Waals surface area (Å²) in [5, 5.41) is 2.94. The number of hydrogen-bond donors (Lipinski definition) is 0. The van der Waals surface area contributed by atoms with Crippen molar-refractivity contribution < 1.29 is 51.0 Å². The van der Waals surface area contributed by atoms with E-state index >= 15 is 0 Å². The van der Waals surface area contributed by atoms with Crippen LogP contribution >= 0.6 is 0 Å². The molecule has 0 amide bonds. The van der Waals surface area contributed by atoms with Crippen LogP contribution in [0.25, 0.3) is 0 Å². The van der Waals surface area contributed by atoms with Crippen molar-refractivity contribution >= 4 is 19.2 Å². The first-order valence-electron chi connectivity index (χ1n) is 11.8. The van der Waals surface area contributed by atoms with E-state index in [1.807, 2.05) is 0 Å². The smallest absolute Gasteiger partial charge is 1.00 e. The van der Waals surface area contributed by atoms with Gasteiger partial charge in [0.05, 0.1) is 0 Å². The maximum absolute atomic E-state index is 4.23. The van der Waals surface area contributed by atoms with Gasteiger partial charge in [-0.2, -0.15) is 11.1 Å². The van der Waals surface area contributed by atoms with E-state index in [2.05, 4.69) is 107 Å². The van der Waals surface area contributed by atoms with Crippen molar-refractivity contribution in [2.24, 2.45) is 0 Å². The molecular weight excluding hydrogens is 551 g/mol. The van der Waals surface area contributed by atoms with Crippen LogP contribution in [0.5, 0.6) is 0 Å². The van der Waals surface area contributed by atoms with Crippen LogP contribution in [0.3, 0.4) is 0 Å². The fraction of sp³-hybridized carbons (Fsp3) is 0.333. The van der Waals surface area contributed by atoms with Gasteiger partial charge in [-0.25, -0.2) is 5.57 Å². The van der Waals surface area contributed by atoms with E-state index in [4.69, 9.17) is 0 Å². The molecule has 4 rings (SSSR count). The molecule has 34 heavy (non-hydrogen) atoms. The van der Waals surface area contributed by atoms with Crippen molar-refractivity contribution in [1.29, 1.82) is 0 Å². The Morgan fingerprint density at radius 2 is 1.38 bits per heavy atom. The third kappa shape index (κ3) is 5.27. The number of benzene rings is 2. The van der Waals surface area contributed by atoms with Gasteiger partial charge in [-0.15, -0.1) is 0 Å². The molecule has 0 saturated carbocycles. The molecule has 1 atom stereocenters. The molecule has 0 heterocycles. The molecular formula is C30H34Cl2SiZr. The summed E-state index contributed by atoms with van der Waals surface area (Å²) in [5.74, 6) is 0. The molecule has 2 radical (unpaired) electrons. The Morgan fingerprint density at radius 1 is 0.824 bits per heavy atom. The summed E-state index contributed by atoms with van der Waals surface area (Å²) in [6, 6.07) is 18.2. The third-order valence-electron chi connectivity index (χ3n) is 7.04. The topological polar surface area (TPSA) is 0 Å². The molecule has 0 bridgehead atoms. The van der Waals surface area contributed by atoms with Gasteiger partial charge in [-0.05, 0) is 20.3 Å². The van der Waals surface area contributed by atoms with Crippen LogP contribution in [0, 0.1) is 19.9 Å². The number of aryl methyl sites for hydroxylation is 2. The summed E-state index contributed by atoms with van der Waals surface area (Å²) in [6.45, 7) is 11.6. The third-order valence-corrected chi connectivity index (χ3v) is 10.7. The summed E-state index contributed by atoms with van der Waals surface area (Å²) in [4.78, 5) is 0. The van der Waals surface area contributed by atoms with Crippen molar-refractivity contribution in [3.63, 3.8) is 0 Å². The number of hydrogen-bond acceptors (Lipinski definition) is 0. The van der Waals surface area contributed by atoms with E-state index in [0.717, 1.165) is 25.7 Å². The Kier molecular flexibility index (Phi) is 12.3.